The fraction of sp³-hybridized carbons (Fsp3) is 0.625. The van der Waals surface area contributed by atoms with E-state index >= 15 is 0 Å². The van der Waals surface area contributed by atoms with E-state index in [9.17, 15) is 13.5 Å². The van der Waals surface area contributed by atoms with Gasteiger partial charge in [-0.05, 0) is 36.8 Å². The largest absolute Gasteiger partial charge is 0.391 e. The average molecular weight is 298 g/mol. The smallest absolute Gasteiger partial charge is 0.155 e. The van der Waals surface area contributed by atoms with Crippen molar-refractivity contribution in [3.63, 3.8) is 0 Å². The Bertz CT molecular complexity index is 548. The Labute approximate surface area is 123 Å². The van der Waals surface area contributed by atoms with Crippen LogP contribution in [0, 0.1) is 0 Å². The average Bonchev–Trinajstić information content (AvgIpc) is 2.26. The molecule has 1 unspecified atom stereocenters. The van der Waals surface area contributed by atoms with Gasteiger partial charge in [0.2, 0.25) is 0 Å². The molecule has 0 saturated carbocycles. The van der Waals surface area contributed by atoms with Gasteiger partial charge in [-0.2, -0.15) is 0 Å². The van der Waals surface area contributed by atoms with Gasteiger partial charge in [0.15, 0.2) is 9.84 Å². The highest BCUT2D eigenvalue weighted by Gasteiger charge is 2.37. The minimum absolute atomic E-state index is 0.0865. The van der Waals surface area contributed by atoms with E-state index < -0.39 is 20.7 Å². The Morgan fingerprint density at radius 1 is 1.05 bits per heavy atom. The monoisotopic (exact) mass is 298 g/mol. The zero-order valence-electron chi connectivity index (χ0n) is 13.3. The standard InChI is InChI=1S/C16H26O3S/c1-15(2,3)13-9-7-12(8-10-13)11-14(17)16(4,5)20(6,18)19/h7-10,14,17H,11H2,1-6H3. The van der Waals surface area contributed by atoms with Gasteiger partial charge in [0.25, 0.3) is 0 Å². The lowest BCUT2D eigenvalue weighted by Gasteiger charge is -2.28. The topological polar surface area (TPSA) is 54.4 Å². The van der Waals surface area contributed by atoms with Gasteiger partial charge >= 0.3 is 0 Å². The summed E-state index contributed by atoms with van der Waals surface area (Å²) in [6.07, 6.45) is 0.585. The van der Waals surface area contributed by atoms with Crippen LogP contribution in [-0.2, 0) is 21.7 Å². The fourth-order valence-electron chi connectivity index (χ4n) is 1.86. The molecule has 1 N–H and O–H groups in total. The van der Waals surface area contributed by atoms with E-state index in [0.29, 0.717) is 6.42 Å². The molecule has 0 aliphatic carbocycles. The van der Waals surface area contributed by atoms with Gasteiger partial charge in [-0.1, -0.05) is 45.0 Å². The summed E-state index contributed by atoms with van der Waals surface area (Å²) in [5.41, 5.74) is 2.25. The molecule has 0 fully saturated rings. The van der Waals surface area contributed by atoms with Crippen molar-refractivity contribution in [2.75, 3.05) is 6.26 Å². The van der Waals surface area contributed by atoms with Gasteiger partial charge in [0.05, 0.1) is 10.9 Å². The molecule has 0 aliphatic rings. The first kappa shape index (κ1) is 17.2. The van der Waals surface area contributed by atoms with Crippen LogP contribution < -0.4 is 0 Å². The second-order valence-electron chi connectivity index (χ2n) is 7.04. The summed E-state index contributed by atoms with van der Waals surface area (Å²) in [6, 6.07) is 8.00. The number of aliphatic hydroxyl groups is 1. The number of aliphatic hydroxyl groups excluding tert-OH is 1. The maximum Gasteiger partial charge on any atom is 0.155 e. The first-order valence-electron chi connectivity index (χ1n) is 6.83. The van der Waals surface area contributed by atoms with Gasteiger partial charge in [-0.3, -0.25) is 0 Å². The van der Waals surface area contributed by atoms with Crippen LogP contribution in [0.5, 0.6) is 0 Å². The molecule has 1 rings (SSSR count). The number of hydrogen-bond acceptors (Lipinski definition) is 3. The van der Waals surface area contributed by atoms with Gasteiger partial charge in [0, 0.05) is 6.26 Å². The summed E-state index contributed by atoms with van der Waals surface area (Å²) in [7, 11) is -3.30. The van der Waals surface area contributed by atoms with E-state index in [-0.39, 0.29) is 5.41 Å². The molecule has 0 saturated heterocycles. The van der Waals surface area contributed by atoms with E-state index in [1.807, 2.05) is 24.3 Å². The van der Waals surface area contributed by atoms with Crippen LogP contribution >= 0.6 is 0 Å². The number of sulfone groups is 1. The zero-order chi connectivity index (χ0) is 15.8. The maximum atomic E-state index is 11.7. The molecule has 0 bridgehead atoms. The van der Waals surface area contributed by atoms with Gasteiger partial charge < -0.3 is 5.11 Å². The van der Waals surface area contributed by atoms with Crippen LogP contribution in [0.15, 0.2) is 24.3 Å². The van der Waals surface area contributed by atoms with Crippen molar-refractivity contribution in [1.29, 1.82) is 0 Å². The lowest BCUT2D eigenvalue weighted by Crippen LogP contribution is -2.44. The molecule has 3 nitrogen and oxygen atoms in total. The third-order valence-corrected chi connectivity index (χ3v) is 6.19. The van der Waals surface area contributed by atoms with Crippen molar-refractivity contribution in [3.8, 4) is 0 Å². The third kappa shape index (κ3) is 3.83. The number of hydrogen-bond donors (Lipinski definition) is 1. The molecule has 0 aliphatic heterocycles. The lowest BCUT2D eigenvalue weighted by atomic mass is 9.86. The van der Waals surface area contributed by atoms with Crippen molar-refractivity contribution < 1.29 is 13.5 Å². The van der Waals surface area contributed by atoms with E-state index in [0.717, 1.165) is 5.56 Å². The van der Waals surface area contributed by atoms with Crippen molar-refractivity contribution >= 4 is 9.84 Å². The summed E-state index contributed by atoms with van der Waals surface area (Å²) >= 11 is 0. The van der Waals surface area contributed by atoms with Crippen LogP contribution in [0.2, 0.25) is 0 Å². The van der Waals surface area contributed by atoms with E-state index in [1.54, 1.807) is 13.8 Å². The predicted molar refractivity (Wildman–Crippen MR) is 83.8 cm³/mol. The van der Waals surface area contributed by atoms with Crippen molar-refractivity contribution in [1.82, 2.24) is 0 Å². The highest BCUT2D eigenvalue weighted by Crippen LogP contribution is 2.25. The molecule has 0 amide bonds. The van der Waals surface area contributed by atoms with Gasteiger partial charge in [-0.25, -0.2) is 8.42 Å². The van der Waals surface area contributed by atoms with Crippen LogP contribution in [0.4, 0.5) is 0 Å². The summed E-state index contributed by atoms with van der Waals surface area (Å²) in [6.45, 7) is 9.56. The fourth-order valence-corrected chi connectivity index (χ4v) is 2.43. The molecule has 0 spiro atoms. The quantitative estimate of drug-likeness (QED) is 0.930. The van der Waals surface area contributed by atoms with E-state index in [4.69, 9.17) is 0 Å². The van der Waals surface area contributed by atoms with Crippen molar-refractivity contribution in [3.05, 3.63) is 35.4 Å². The van der Waals surface area contributed by atoms with Crippen LogP contribution in [0.25, 0.3) is 0 Å². The van der Waals surface area contributed by atoms with E-state index in [2.05, 4.69) is 20.8 Å². The molecular formula is C16H26O3S. The second-order valence-corrected chi connectivity index (χ2v) is 9.64. The summed E-state index contributed by atoms with van der Waals surface area (Å²) < 4.78 is 22.3. The molecule has 0 heterocycles. The Hall–Kier alpha value is -0.870. The first-order valence-corrected chi connectivity index (χ1v) is 8.72. The van der Waals surface area contributed by atoms with E-state index in [1.165, 1.54) is 11.8 Å². The highest BCUT2D eigenvalue weighted by atomic mass is 32.2. The molecule has 0 radical (unpaired) electrons. The summed E-state index contributed by atoms with van der Waals surface area (Å²) in [5.74, 6) is 0. The summed E-state index contributed by atoms with van der Waals surface area (Å²) in [5, 5.41) is 10.2. The highest BCUT2D eigenvalue weighted by molar-refractivity contribution is 7.92. The number of rotatable bonds is 4. The first-order chi connectivity index (χ1) is 8.85. The van der Waals surface area contributed by atoms with Gasteiger partial charge in [-0.15, -0.1) is 0 Å². The minimum atomic E-state index is -3.30. The molecule has 0 aromatic heterocycles. The Balaban J connectivity index is 2.90. The maximum absolute atomic E-state index is 11.7. The normalized spacial score (nSPS) is 15.2. The Morgan fingerprint density at radius 2 is 1.50 bits per heavy atom. The molecule has 1 aromatic carbocycles. The molecule has 1 aromatic rings. The minimum Gasteiger partial charge on any atom is -0.391 e. The van der Waals surface area contributed by atoms with Crippen molar-refractivity contribution in [2.45, 2.75) is 57.3 Å². The molecule has 114 valence electrons. The number of benzene rings is 1. The second kappa shape index (κ2) is 5.49. The molecule has 4 heteroatoms. The van der Waals surface area contributed by atoms with Crippen LogP contribution in [-0.4, -0.2) is 30.6 Å². The van der Waals surface area contributed by atoms with Gasteiger partial charge in [0.1, 0.15) is 0 Å². The SMILES string of the molecule is CC(C)(C)c1ccc(CC(O)C(C)(C)S(C)(=O)=O)cc1. The summed E-state index contributed by atoms with van der Waals surface area (Å²) in [4.78, 5) is 0. The molecular weight excluding hydrogens is 272 g/mol. The van der Waals surface area contributed by atoms with Crippen molar-refractivity contribution in [2.24, 2.45) is 0 Å². The molecule has 20 heavy (non-hydrogen) atoms. The van der Waals surface area contributed by atoms with Crippen LogP contribution in [0.3, 0.4) is 0 Å². The Morgan fingerprint density at radius 3 is 1.85 bits per heavy atom. The van der Waals surface area contributed by atoms with Crippen LogP contribution in [0.1, 0.15) is 45.7 Å². The lowest BCUT2D eigenvalue weighted by molar-refractivity contribution is 0.138. The Kier molecular flexibility index (Phi) is 4.72. The zero-order valence-corrected chi connectivity index (χ0v) is 14.1. The predicted octanol–water partition coefficient (Wildman–Crippen LogP) is 2.71. The third-order valence-electron chi connectivity index (χ3n) is 4.01. The molecule has 1 atom stereocenters.